The second-order valence-electron chi connectivity index (χ2n) is 7.22. The minimum Gasteiger partial charge on any atom is -0.497 e. The fourth-order valence-corrected chi connectivity index (χ4v) is 5.46. The molecule has 2 heterocycles. The number of nitrogens with zero attached hydrogens (tertiary/aromatic N) is 1. The highest BCUT2D eigenvalue weighted by atomic mass is 32.2. The summed E-state index contributed by atoms with van der Waals surface area (Å²) >= 11 is 0. The summed E-state index contributed by atoms with van der Waals surface area (Å²) in [4.78, 5) is 0.222. The van der Waals surface area contributed by atoms with Crippen molar-refractivity contribution in [2.24, 2.45) is 0 Å². The highest BCUT2D eigenvalue weighted by molar-refractivity contribution is 7.90. The molecule has 152 valence electrons. The van der Waals surface area contributed by atoms with Gasteiger partial charge in [0.1, 0.15) is 22.8 Å². The standard InChI is InChI=1S/C23H25NO4S/c1-4-5-6-11-21-23-22(16(2)28-21)19-9-7-8-10-20(19)24(23)29(25,26)18-14-12-17(27-3)13-15-18/h7-10,12-15H,4-6,11H2,1-3H3. The average molecular weight is 412 g/mol. The smallest absolute Gasteiger partial charge is 0.268 e. The molecule has 5 nitrogen and oxygen atoms in total. The predicted octanol–water partition coefficient (Wildman–Crippen LogP) is 5.67. The number of hydrogen-bond donors (Lipinski definition) is 0. The Morgan fingerprint density at radius 2 is 1.76 bits per heavy atom. The number of unbranched alkanes of at least 4 members (excludes halogenated alkanes) is 2. The molecular formula is C23H25NO4S. The molecule has 0 spiro atoms. The lowest BCUT2D eigenvalue weighted by Gasteiger charge is -2.10. The Balaban J connectivity index is 2.00. The number of methoxy groups -OCH3 is 1. The molecule has 2 aromatic carbocycles. The number of rotatable bonds is 7. The fraction of sp³-hybridized carbons (Fsp3) is 0.304. The number of para-hydroxylation sites is 1. The van der Waals surface area contributed by atoms with E-state index in [2.05, 4.69) is 6.92 Å². The Bertz CT molecular complexity index is 1260. The Labute approximate surface area is 170 Å². The molecule has 0 N–H and O–H groups in total. The summed E-state index contributed by atoms with van der Waals surface area (Å²) in [5.74, 6) is 2.11. The van der Waals surface area contributed by atoms with Gasteiger partial charge < -0.3 is 9.15 Å². The van der Waals surface area contributed by atoms with E-state index in [-0.39, 0.29) is 4.90 Å². The molecule has 2 aromatic heterocycles. The number of hydrogen-bond acceptors (Lipinski definition) is 4. The molecule has 0 aliphatic rings. The van der Waals surface area contributed by atoms with Crippen LogP contribution in [0.1, 0.15) is 37.7 Å². The summed E-state index contributed by atoms with van der Waals surface area (Å²) in [6, 6.07) is 14.1. The first-order valence-corrected chi connectivity index (χ1v) is 11.3. The van der Waals surface area contributed by atoms with Crippen molar-refractivity contribution in [3.05, 3.63) is 60.1 Å². The summed E-state index contributed by atoms with van der Waals surface area (Å²) in [7, 11) is -2.25. The summed E-state index contributed by atoms with van der Waals surface area (Å²) in [5, 5.41) is 1.77. The Morgan fingerprint density at radius 1 is 1.03 bits per heavy atom. The highest BCUT2D eigenvalue weighted by Gasteiger charge is 2.28. The monoisotopic (exact) mass is 411 g/mol. The lowest BCUT2D eigenvalue weighted by atomic mass is 10.1. The zero-order chi connectivity index (χ0) is 20.6. The van der Waals surface area contributed by atoms with E-state index in [0.717, 1.165) is 41.6 Å². The third-order valence-electron chi connectivity index (χ3n) is 5.33. The first-order valence-electron chi connectivity index (χ1n) is 9.90. The molecule has 0 unspecified atom stereocenters. The van der Waals surface area contributed by atoms with E-state index < -0.39 is 10.0 Å². The van der Waals surface area contributed by atoms with Gasteiger partial charge in [-0.2, -0.15) is 0 Å². The number of furan rings is 1. The molecule has 0 saturated carbocycles. The number of benzene rings is 2. The second-order valence-corrected chi connectivity index (χ2v) is 9.01. The molecule has 0 saturated heterocycles. The van der Waals surface area contributed by atoms with Crippen molar-refractivity contribution in [3.8, 4) is 5.75 Å². The van der Waals surface area contributed by atoms with Crippen LogP contribution in [0.15, 0.2) is 57.8 Å². The first kappa shape index (κ1) is 19.6. The Morgan fingerprint density at radius 3 is 2.45 bits per heavy atom. The van der Waals surface area contributed by atoms with E-state index >= 15 is 0 Å². The van der Waals surface area contributed by atoms with Crippen LogP contribution < -0.4 is 4.74 Å². The maximum Gasteiger partial charge on any atom is 0.268 e. The molecule has 0 aliphatic heterocycles. The lowest BCUT2D eigenvalue weighted by Crippen LogP contribution is -2.13. The minimum atomic E-state index is -3.81. The van der Waals surface area contributed by atoms with Crippen molar-refractivity contribution in [2.75, 3.05) is 7.11 Å². The van der Waals surface area contributed by atoms with Crippen LogP contribution in [0.2, 0.25) is 0 Å². The number of fused-ring (bicyclic) bond motifs is 3. The van der Waals surface area contributed by atoms with Gasteiger partial charge in [-0.3, -0.25) is 0 Å². The van der Waals surface area contributed by atoms with E-state index in [1.807, 2.05) is 31.2 Å². The lowest BCUT2D eigenvalue weighted by molar-refractivity contribution is 0.414. The molecule has 6 heteroatoms. The Kier molecular flexibility index (Phi) is 5.13. The van der Waals surface area contributed by atoms with Gasteiger partial charge in [0.15, 0.2) is 0 Å². The van der Waals surface area contributed by atoms with Crippen LogP contribution in [-0.2, 0) is 16.4 Å². The predicted molar refractivity (Wildman–Crippen MR) is 115 cm³/mol. The first-order chi connectivity index (χ1) is 14.0. The van der Waals surface area contributed by atoms with Crippen molar-refractivity contribution in [3.63, 3.8) is 0 Å². The van der Waals surface area contributed by atoms with Gasteiger partial charge in [0.25, 0.3) is 10.0 Å². The minimum absolute atomic E-state index is 0.222. The SMILES string of the molecule is CCCCCc1oc(C)c2c3ccccc3n(S(=O)(=O)c3ccc(OC)cc3)c12. The van der Waals surface area contributed by atoms with Gasteiger partial charge in [-0.05, 0) is 43.7 Å². The van der Waals surface area contributed by atoms with Crippen molar-refractivity contribution in [1.29, 1.82) is 0 Å². The normalized spacial score (nSPS) is 12.1. The van der Waals surface area contributed by atoms with Gasteiger partial charge in [0.2, 0.25) is 0 Å². The zero-order valence-corrected chi connectivity index (χ0v) is 17.8. The summed E-state index contributed by atoms with van der Waals surface area (Å²) in [6.45, 7) is 4.05. The van der Waals surface area contributed by atoms with Crippen molar-refractivity contribution in [1.82, 2.24) is 3.97 Å². The molecule has 0 fully saturated rings. The quantitative estimate of drug-likeness (QED) is 0.367. The van der Waals surface area contributed by atoms with Gasteiger partial charge >= 0.3 is 0 Å². The van der Waals surface area contributed by atoms with E-state index in [1.165, 1.54) is 3.97 Å². The van der Waals surface area contributed by atoms with E-state index in [9.17, 15) is 8.42 Å². The third kappa shape index (κ3) is 3.21. The largest absolute Gasteiger partial charge is 0.497 e. The van der Waals surface area contributed by atoms with Crippen LogP contribution in [0, 0.1) is 6.92 Å². The summed E-state index contributed by atoms with van der Waals surface area (Å²) in [6.07, 6.45) is 3.85. The topological polar surface area (TPSA) is 61.4 Å². The summed E-state index contributed by atoms with van der Waals surface area (Å²) in [5.41, 5.74) is 1.33. The summed E-state index contributed by atoms with van der Waals surface area (Å²) < 4.78 is 40.1. The van der Waals surface area contributed by atoms with Crippen LogP contribution in [0.3, 0.4) is 0 Å². The average Bonchev–Trinajstić information content (AvgIpc) is 3.24. The van der Waals surface area contributed by atoms with E-state index in [1.54, 1.807) is 31.4 Å². The van der Waals surface area contributed by atoms with Crippen LogP contribution in [0.5, 0.6) is 5.75 Å². The van der Waals surface area contributed by atoms with Crippen molar-refractivity contribution in [2.45, 2.75) is 44.4 Å². The van der Waals surface area contributed by atoms with Gasteiger partial charge in [0.05, 0.1) is 22.9 Å². The molecule has 4 rings (SSSR count). The van der Waals surface area contributed by atoms with Crippen LogP contribution in [0.4, 0.5) is 0 Å². The van der Waals surface area contributed by atoms with Crippen molar-refractivity contribution >= 4 is 31.8 Å². The molecule has 0 radical (unpaired) electrons. The van der Waals surface area contributed by atoms with E-state index in [0.29, 0.717) is 23.2 Å². The fourth-order valence-electron chi connectivity index (χ4n) is 3.91. The van der Waals surface area contributed by atoms with Crippen LogP contribution >= 0.6 is 0 Å². The molecule has 0 atom stereocenters. The number of aromatic nitrogens is 1. The van der Waals surface area contributed by atoms with Gasteiger partial charge in [-0.1, -0.05) is 38.0 Å². The highest BCUT2D eigenvalue weighted by Crippen LogP contribution is 2.38. The van der Waals surface area contributed by atoms with Crippen LogP contribution in [0.25, 0.3) is 21.8 Å². The van der Waals surface area contributed by atoms with E-state index in [4.69, 9.17) is 9.15 Å². The molecular weight excluding hydrogens is 386 g/mol. The zero-order valence-electron chi connectivity index (χ0n) is 16.9. The van der Waals surface area contributed by atoms with Gasteiger partial charge in [-0.15, -0.1) is 0 Å². The molecule has 29 heavy (non-hydrogen) atoms. The van der Waals surface area contributed by atoms with Gasteiger partial charge in [-0.25, -0.2) is 12.4 Å². The number of aryl methyl sites for hydroxylation is 2. The molecule has 0 amide bonds. The third-order valence-corrected chi connectivity index (χ3v) is 7.06. The second kappa shape index (κ2) is 7.59. The molecule has 0 bridgehead atoms. The molecule has 4 aromatic rings. The maximum absolute atomic E-state index is 13.7. The van der Waals surface area contributed by atoms with Crippen LogP contribution in [-0.4, -0.2) is 19.5 Å². The Hall–Kier alpha value is -2.73. The molecule has 0 aliphatic carbocycles. The number of ether oxygens (including phenoxy) is 1. The van der Waals surface area contributed by atoms with Gasteiger partial charge in [0, 0.05) is 11.8 Å². The van der Waals surface area contributed by atoms with Crippen molar-refractivity contribution < 1.29 is 17.6 Å². The maximum atomic E-state index is 13.7.